The third kappa shape index (κ3) is 4.83. The first-order chi connectivity index (χ1) is 14.2. The van der Waals surface area contributed by atoms with Gasteiger partial charge < -0.3 is 15.1 Å². The van der Waals surface area contributed by atoms with Gasteiger partial charge in [0.05, 0.1) is 18.1 Å². The summed E-state index contributed by atoms with van der Waals surface area (Å²) in [6, 6.07) is 10.4. The standard InChI is InChI=1S/C19H20N6O3S/c26-17(12-29-19-22-23-24-25(19)15-4-1-2-5-15)20-13-7-9-14(10-8-13)21-18(27)16-6-3-11-28-16/h3,6-11,15H,1-2,4-5,12H2,(H,20,26)(H,21,27). The minimum absolute atomic E-state index is 0.150. The Labute approximate surface area is 171 Å². The quantitative estimate of drug-likeness (QED) is 0.572. The lowest BCUT2D eigenvalue weighted by molar-refractivity contribution is -0.113. The second-order valence-electron chi connectivity index (χ2n) is 6.69. The average Bonchev–Trinajstić information content (AvgIpc) is 3.49. The van der Waals surface area contributed by atoms with Crippen molar-refractivity contribution in [2.45, 2.75) is 36.9 Å². The highest BCUT2D eigenvalue weighted by atomic mass is 32.2. The van der Waals surface area contributed by atoms with Crippen LogP contribution in [0.25, 0.3) is 0 Å². The molecule has 1 aliphatic carbocycles. The maximum absolute atomic E-state index is 12.3. The van der Waals surface area contributed by atoms with Crippen molar-refractivity contribution in [1.82, 2.24) is 20.2 Å². The Morgan fingerprint density at radius 3 is 2.52 bits per heavy atom. The van der Waals surface area contributed by atoms with Crippen molar-refractivity contribution < 1.29 is 14.0 Å². The van der Waals surface area contributed by atoms with Crippen molar-refractivity contribution in [3.63, 3.8) is 0 Å². The lowest BCUT2D eigenvalue weighted by Crippen LogP contribution is -2.15. The summed E-state index contributed by atoms with van der Waals surface area (Å²) in [4.78, 5) is 24.2. The summed E-state index contributed by atoms with van der Waals surface area (Å²) in [5.41, 5.74) is 1.25. The molecule has 29 heavy (non-hydrogen) atoms. The number of aromatic nitrogens is 4. The summed E-state index contributed by atoms with van der Waals surface area (Å²) >= 11 is 1.33. The summed E-state index contributed by atoms with van der Waals surface area (Å²) < 4.78 is 6.89. The topological polar surface area (TPSA) is 115 Å². The monoisotopic (exact) mass is 412 g/mol. The van der Waals surface area contributed by atoms with Gasteiger partial charge in [0.1, 0.15) is 0 Å². The SMILES string of the molecule is O=C(CSc1nnnn1C1CCCC1)Nc1ccc(NC(=O)c2ccco2)cc1. The van der Waals surface area contributed by atoms with Crippen LogP contribution in [-0.4, -0.2) is 37.8 Å². The third-order valence-electron chi connectivity index (χ3n) is 4.64. The molecule has 0 unspecified atom stereocenters. The van der Waals surface area contributed by atoms with E-state index in [-0.39, 0.29) is 23.3 Å². The lowest BCUT2D eigenvalue weighted by atomic mass is 10.2. The molecule has 3 aromatic rings. The van der Waals surface area contributed by atoms with E-state index in [4.69, 9.17) is 4.42 Å². The first-order valence-corrected chi connectivity index (χ1v) is 10.3. The van der Waals surface area contributed by atoms with Gasteiger partial charge in [-0.05, 0) is 59.7 Å². The Morgan fingerprint density at radius 1 is 1.10 bits per heavy atom. The molecule has 4 rings (SSSR count). The van der Waals surface area contributed by atoms with Crippen molar-refractivity contribution in [2.24, 2.45) is 0 Å². The fourth-order valence-electron chi connectivity index (χ4n) is 3.22. The zero-order valence-corrected chi connectivity index (χ0v) is 16.4. The maximum atomic E-state index is 12.3. The van der Waals surface area contributed by atoms with Gasteiger partial charge in [0.2, 0.25) is 11.1 Å². The van der Waals surface area contributed by atoms with Crippen molar-refractivity contribution in [1.29, 1.82) is 0 Å². The maximum Gasteiger partial charge on any atom is 0.291 e. The van der Waals surface area contributed by atoms with Crippen LogP contribution in [0.4, 0.5) is 11.4 Å². The molecule has 1 aromatic carbocycles. The first kappa shape index (κ1) is 19.2. The predicted octanol–water partition coefficient (Wildman–Crippen LogP) is 3.36. The van der Waals surface area contributed by atoms with Gasteiger partial charge in [-0.1, -0.05) is 24.6 Å². The Hall–Kier alpha value is -3.14. The Morgan fingerprint density at radius 2 is 1.83 bits per heavy atom. The number of tetrazole rings is 1. The van der Waals surface area contributed by atoms with Crippen molar-refractivity contribution in [3.8, 4) is 0 Å². The zero-order valence-electron chi connectivity index (χ0n) is 15.6. The molecule has 2 aromatic heterocycles. The van der Waals surface area contributed by atoms with Crippen molar-refractivity contribution >= 4 is 35.0 Å². The van der Waals surface area contributed by atoms with E-state index in [1.54, 1.807) is 36.4 Å². The fourth-order valence-corrected chi connectivity index (χ4v) is 3.97. The molecule has 0 bridgehead atoms. The number of benzene rings is 1. The Bertz CT molecular complexity index is 964. The Balaban J connectivity index is 1.28. The molecule has 1 saturated carbocycles. The molecule has 0 saturated heterocycles. The molecule has 150 valence electrons. The van der Waals surface area contributed by atoms with Crippen LogP contribution in [0, 0.1) is 0 Å². The molecule has 1 fully saturated rings. The summed E-state index contributed by atoms with van der Waals surface area (Å²) in [7, 11) is 0. The number of furan rings is 1. The van der Waals surface area contributed by atoms with Gasteiger partial charge >= 0.3 is 0 Å². The number of amides is 2. The zero-order chi connectivity index (χ0) is 20.1. The molecule has 0 radical (unpaired) electrons. The van der Waals surface area contributed by atoms with Crippen LogP contribution >= 0.6 is 11.8 Å². The molecule has 2 N–H and O–H groups in total. The van der Waals surface area contributed by atoms with E-state index in [9.17, 15) is 9.59 Å². The number of thioether (sulfide) groups is 1. The van der Waals surface area contributed by atoms with Gasteiger partial charge in [-0.3, -0.25) is 9.59 Å². The van der Waals surface area contributed by atoms with Crippen molar-refractivity contribution in [2.75, 3.05) is 16.4 Å². The van der Waals surface area contributed by atoms with Crippen LogP contribution in [0.2, 0.25) is 0 Å². The summed E-state index contributed by atoms with van der Waals surface area (Å²) in [6.07, 6.45) is 5.97. The molecule has 2 heterocycles. The van der Waals surface area contributed by atoms with E-state index in [0.717, 1.165) is 12.8 Å². The van der Waals surface area contributed by atoms with Crippen LogP contribution in [0.1, 0.15) is 42.3 Å². The van der Waals surface area contributed by atoms with Crippen LogP contribution < -0.4 is 10.6 Å². The number of hydrogen-bond acceptors (Lipinski definition) is 7. The smallest absolute Gasteiger partial charge is 0.291 e. The molecule has 2 amide bonds. The van der Waals surface area contributed by atoms with Crippen molar-refractivity contribution in [3.05, 3.63) is 48.4 Å². The fraction of sp³-hybridized carbons (Fsp3) is 0.316. The third-order valence-corrected chi connectivity index (χ3v) is 5.57. The second-order valence-corrected chi connectivity index (χ2v) is 7.63. The first-order valence-electron chi connectivity index (χ1n) is 9.34. The van der Waals surface area contributed by atoms with Crippen LogP contribution in [0.15, 0.2) is 52.2 Å². The number of carbonyl (C=O) groups is 2. The molecule has 10 heteroatoms. The summed E-state index contributed by atoms with van der Waals surface area (Å²) in [6.45, 7) is 0. The number of hydrogen-bond donors (Lipinski definition) is 2. The largest absolute Gasteiger partial charge is 0.459 e. The number of nitrogens with one attached hydrogen (secondary N) is 2. The number of rotatable bonds is 7. The van der Waals surface area contributed by atoms with Gasteiger partial charge in [-0.2, -0.15) is 0 Å². The Kier molecular flexibility index (Phi) is 5.89. The molecular weight excluding hydrogens is 392 g/mol. The van der Waals surface area contributed by atoms with E-state index >= 15 is 0 Å². The van der Waals surface area contributed by atoms with E-state index in [2.05, 4.69) is 26.2 Å². The van der Waals surface area contributed by atoms with E-state index in [1.807, 2.05) is 4.68 Å². The number of anilines is 2. The van der Waals surface area contributed by atoms with Crippen LogP contribution in [-0.2, 0) is 4.79 Å². The van der Waals surface area contributed by atoms with E-state index in [0.29, 0.717) is 22.6 Å². The van der Waals surface area contributed by atoms with Gasteiger partial charge in [0.25, 0.3) is 5.91 Å². The summed E-state index contributed by atoms with van der Waals surface area (Å²) in [5.74, 6) is -0.0322. The summed E-state index contributed by atoms with van der Waals surface area (Å²) in [5, 5.41) is 18.1. The van der Waals surface area contributed by atoms with E-state index < -0.39 is 0 Å². The minimum atomic E-state index is -0.330. The predicted molar refractivity (Wildman–Crippen MR) is 108 cm³/mol. The molecule has 0 spiro atoms. The molecule has 0 aliphatic heterocycles. The van der Waals surface area contributed by atoms with Gasteiger partial charge in [-0.25, -0.2) is 4.68 Å². The van der Waals surface area contributed by atoms with E-state index in [1.165, 1.54) is 30.9 Å². The van der Waals surface area contributed by atoms with Crippen LogP contribution in [0.3, 0.4) is 0 Å². The average molecular weight is 412 g/mol. The molecule has 1 aliphatic rings. The highest BCUT2D eigenvalue weighted by molar-refractivity contribution is 7.99. The molecule has 0 atom stereocenters. The normalized spacial score (nSPS) is 14.1. The van der Waals surface area contributed by atoms with Gasteiger partial charge in [0, 0.05) is 11.4 Å². The molecular formula is C19H20N6O3S. The van der Waals surface area contributed by atoms with Crippen LogP contribution in [0.5, 0.6) is 0 Å². The molecule has 9 nitrogen and oxygen atoms in total. The lowest BCUT2D eigenvalue weighted by Gasteiger charge is -2.11. The van der Waals surface area contributed by atoms with Gasteiger partial charge in [0.15, 0.2) is 5.76 Å². The highest BCUT2D eigenvalue weighted by Gasteiger charge is 2.22. The van der Waals surface area contributed by atoms with Gasteiger partial charge in [-0.15, -0.1) is 5.10 Å². The minimum Gasteiger partial charge on any atom is -0.459 e. The second kappa shape index (κ2) is 8.91. The number of nitrogens with zero attached hydrogens (tertiary/aromatic N) is 4. The highest BCUT2D eigenvalue weighted by Crippen LogP contribution is 2.31. The number of carbonyl (C=O) groups excluding carboxylic acids is 2.